The number of nitrogens with two attached hydrogens (primary N) is 1. The summed E-state index contributed by atoms with van der Waals surface area (Å²) in [5.74, 6) is 0. The average Bonchev–Trinajstić information content (AvgIpc) is 2.38. The quantitative estimate of drug-likeness (QED) is 0.365. The fourth-order valence-electron chi connectivity index (χ4n) is 1.45. The van der Waals surface area contributed by atoms with Crippen LogP contribution in [-0.4, -0.2) is 31.3 Å². The maximum atomic E-state index is 5.38. The second kappa shape index (κ2) is 8.98. The first kappa shape index (κ1) is 14.0. The zero-order chi connectivity index (χ0) is 12.3. The number of nitrogens with zero attached hydrogens (tertiary/aromatic N) is 1. The van der Waals surface area contributed by atoms with Gasteiger partial charge in [0.05, 0.1) is 5.16 Å². The molecule has 17 heavy (non-hydrogen) atoms. The van der Waals surface area contributed by atoms with Gasteiger partial charge in [0.25, 0.3) is 0 Å². The molecule has 5 heteroatoms. The highest BCUT2D eigenvalue weighted by molar-refractivity contribution is 7.78. The van der Waals surface area contributed by atoms with Crippen LogP contribution in [0.4, 0.5) is 0 Å². The maximum absolute atomic E-state index is 5.38. The van der Waals surface area contributed by atoms with Gasteiger partial charge in [-0.2, -0.15) is 0 Å². The number of thiocarbonyl (C=S) groups is 1. The van der Waals surface area contributed by atoms with Crippen molar-refractivity contribution >= 4 is 17.4 Å². The Morgan fingerprint density at radius 1 is 1.24 bits per heavy atom. The molecule has 4 nitrogen and oxygen atoms in total. The lowest BCUT2D eigenvalue weighted by atomic mass is 10.2. The number of hydrogen-bond acceptors (Lipinski definition) is 5. The summed E-state index contributed by atoms with van der Waals surface area (Å²) in [5.41, 5.74) is 6.47. The van der Waals surface area contributed by atoms with Gasteiger partial charge in [-0.25, -0.2) is 4.99 Å². The highest BCUT2D eigenvalue weighted by Gasteiger charge is 2.06. The molecule has 0 radical (unpaired) electrons. The number of isothiocyanates is 1. The Kier molecular flexibility index (Phi) is 7.38. The molecule has 0 aliphatic rings. The molecule has 0 aliphatic carbocycles. The summed E-state index contributed by atoms with van der Waals surface area (Å²) >= 11 is 4.66. The predicted molar refractivity (Wildman–Crippen MR) is 74.1 cm³/mol. The van der Waals surface area contributed by atoms with Crippen molar-refractivity contribution in [1.29, 1.82) is 0 Å². The molecule has 1 rings (SSSR count). The van der Waals surface area contributed by atoms with Crippen molar-refractivity contribution in [3.05, 3.63) is 35.9 Å². The lowest BCUT2D eigenvalue weighted by Crippen LogP contribution is -2.32. The van der Waals surface area contributed by atoms with E-state index in [4.69, 9.17) is 5.73 Å². The molecule has 0 heterocycles. The van der Waals surface area contributed by atoms with E-state index in [2.05, 4.69) is 33.0 Å². The smallest absolute Gasteiger partial charge is 0.136 e. The van der Waals surface area contributed by atoms with Crippen LogP contribution in [0.2, 0.25) is 0 Å². The van der Waals surface area contributed by atoms with Crippen molar-refractivity contribution < 1.29 is 0 Å². The molecule has 0 saturated heterocycles. The van der Waals surface area contributed by atoms with Crippen molar-refractivity contribution in [2.45, 2.75) is 6.17 Å². The SMILES string of the molecule is NCCNCCNC(N=C=S)c1ccccc1. The van der Waals surface area contributed by atoms with Gasteiger partial charge in [0.1, 0.15) is 6.17 Å². The van der Waals surface area contributed by atoms with Gasteiger partial charge in [0, 0.05) is 26.2 Å². The van der Waals surface area contributed by atoms with E-state index < -0.39 is 0 Å². The van der Waals surface area contributed by atoms with Crippen LogP contribution in [0.15, 0.2) is 35.3 Å². The Hall–Kier alpha value is -1.10. The summed E-state index contributed by atoms with van der Waals surface area (Å²) < 4.78 is 0. The molecule has 1 aromatic rings. The maximum Gasteiger partial charge on any atom is 0.136 e. The number of benzene rings is 1. The highest BCUT2D eigenvalue weighted by atomic mass is 32.1. The molecule has 0 bridgehead atoms. The third-order valence-corrected chi connectivity index (χ3v) is 2.36. The zero-order valence-electron chi connectivity index (χ0n) is 9.73. The third-order valence-electron chi connectivity index (χ3n) is 2.26. The van der Waals surface area contributed by atoms with Crippen LogP contribution in [0.5, 0.6) is 0 Å². The second-order valence-electron chi connectivity index (χ2n) is 3.53. The van der Waals surface area contributed by atoms with Gasteiger partial charge in [0.15, 0.2) is 0 Å². The van der Waals surface area contributed by atoms with Crippen molar-refractivity contribution in [1.82, 2.24) is 10.6 Å². The molecular formula is C12H18N4S. The number of rotatable bonds is 8. The van der Waals surface area contributed by atoms with Gasteiger partial charge in [-0.3, -0.25) is 5.32 Å². The summed E-state index contributed by atoms with van der Waals surface area (Å²) in [6.07, 6.45) is -0.117. The first-order valence-electron chi connectivity index (χ1n) is 5.64. The van der Waals surface area contributed by atoms with E-state index >= 15 is 0 Å². The van der Waals surface area contributed by atoms with Crippen LogP contribution >= 0.6 is 12.2 Å². The van der Waals surface area contributed by atoms with E-state index in [0.29, 0.717) is 6.54 Å². The first-order valence-corrected chi connectivity index (χ1v) is 6.05. The summed E-state index contributed by atoms with van der Waals surface area (Å²) in [4.78, 5) is 4.11. The highest BCUT2D eigenvalue weighted by Crippen LogP contribution is 2.12. The Balaban J connectivity index is 2.42. The zero-order valence-corrected chi connectivity index (χ0v) is 10.5. The predicted octanol–water partition coefficient (Wildman–Crippen LogP) is 0.926. The van der Waals surface area contributed by atoms with Crippen LogP contribution in [0, 0.1) is 0 Å². The normalized spacial score (nSPS) is 11.8. The number of nitrogens with one attached hydrogen (secondary N) is 2. The molecule has 1 aromatic carbocycles. The van der Waals surface area contributed by atoms with Crippen LogP contribution in [0.25, 0.3) is 0 Å². The standard InChI is InChI=1S/C12H18N4S/c13-6-7-14-8-9-15-12(16-10-17)11-4-2-1-3-5-11/h1-5,12,14-15H,6-9,13H2. The van der Waals surface area contributed by atoms with Gasteiger partial charge in [-0.1, -0.05) is 30.3 Å². The topological polar surface area (TPSA) is 62.4 Å². The molecule has 4 N–H and O–H groups in total. The van der Waals surface area contributed by atoms with Crippen molar-refractivity contribution in [3.63, 3.8) is 0 Å². The summed E-state index contributed by atoms with van der Waals surface area (Å²) in [6.45, 7) is 3.14. The van der Waals surface area contributed by atoms with Crippen LogP contribution in [0.1, 0.15) is 11.7 Å². The average molecular weight is 250 g/mol. The van der Waals surface area contributed by atoms with Gasteiger partial charge >= 0.3 is 0 Å². The summed E-state index contributed by atoms with van der Waals surface area (Å²) in [7, 11) is 0. The molecule has 0 aromatic heterocycles. The molecule has 1 atom stereocenters. The lowest BCUT2D eigenvalue weighted by Gasteiger charge is -2.13. The van der Waals surface area contributed by atoms with Crippen molar-refractivity contribution in [2.24, 2.45) is 10.7 Å². The largest absolute Gasteiger partial charge is 0.329 e. The third kappa shape index (κ3) is 5.68. The fraction of sp³-hybridized carbons (Fsp3) is 0.417. The van der Waals surface area contributed by atoms with Gasteiger partial charge in [-0.15, -0.1) is 0 Å². The summed E-state index contributed by atoms with van der Waals surface area (Å²) in [5, 5.41) is 8.93. The van der Waals surface area contributed by atoms with E-state index in [-0.39, 0.29) is 6.17 Å². The Labute approximate surface area is 107 Å². The van der Waals surface area contributed by atoms with E-state index in [1.165, 1.54) is 0 Å². The first-order chi connectivity index (χ1) is 8.38. The minimum absolute atomic E-state index is 0.117. The van der Waals surface area contributed by atoms with Gasteiger partial charge in [-0.05, 0) is 17.8 Å². The van der Waals surface area contributed by atoms with Gasteiger partial charge in [0.2, 0.25) is 0 Å². The molecule has 0 spiro atoms. The van der Waals surface area contributed by atoms with E-state index in [0.717, 1.165) is 25.2 Å². The van der Waals surface area contributed by atoms with Crippen LogP contribution < -0.4 is 16.4 Å². The van der Waals surface area contributed by atoms with Gasteiger partial charge < -0.3 is 11.1 Å². The van der Waals surface area contributed by atoms with E-state index in [1.807, 2.05) is 30.3 Å². The number of aliphatic imine (C=N–C) groups is 1. The molecule has 92 valence electrons. The van der Waals surface area contributed by atoms with E-state index in [9.17, 15) is 0 Å². The summed E-state index contributed by atoms with van der Waals surface area (Å²) in [6, 6.07) is 9.97. The Morgan fingerprint density at radius 3 is 2.65 bits per heavy atom. The molecular weight excluding hydrogens is 232 g/mol. The lowest BCUT2D eigenvalue weighted by molar-refractivity contribution is 0.536. The molecule has 0 fully saturated rings. The monoisotopic (exact) mass is 250 g/mol. The fourth-order valence-corrected chi connectivity index (χ4v) is 1.56. The van der Waals surface area contributed by atoms with Crippen molar-refractivity contribution in [3.8, 4) is 0 Å². The minimum Gasteiger partial charge on any atom is -0.329 e. The number of hydrogen-bond donors (Lipinski definition) is 3. The minimum atomic E-state index is -0.117. The van der Waals surface area contributed by atoms with E-state index in [1.54, 1.807) is 0 Å². The van der Waals surface area contributed by atoms with Crippen molar-refractivity contribution in [2.75, 3.05) is 26.2 Å². The van der Waals surface area contributed by atoms with Crippen LogP contribution in [0.3, 0.4) is 0 Å². The molecule has 0 saturated carbocycles. The Bertz CT molecular complexity index is 349. The Morgan fingerprint density at radius 2 is 2.00 bits per heavy atom. The molecule has 1 unspecified atom stereocenters. The molecule has 0 aliphatic heterocycles. The second-order valence-corrected chi connectivity index (χ2v) is 3.71. The molecule has 0 amide bonds. The van der Waals surface area contributed by atoms with Crippen LogP contribution in [-0.2, 0) is 0 Å².